The lowest BCUT2D eigenvalue weighted by Crippen LogP contribution is -2.57. The molecule has 4 amide bonds. The number of amides is 4. The minimum atomic E-state index is -1.30. The van der Waals surface area contributed by atoms with E-state index in [1.54, 1.807) is 6.20 Å². The first-order valence-electron chi connectivity index (χ1n) is 12.2. The number of hydrogen-bond acceptors (Lipinski definition) is 7. The van der Waals surface area contributed by atoms with E-state index in [0.717, 1.165) is 10.9 Å². The highest BCUT2D eigenvalue weighted by Crippen LogP contribution is 2.19. The number of carboxylic acid groups (broad SMARTS) is 1. The summed E-state index contributed by atoms with van der Waals surface area (Å²) >= 11 is 0. The number of aliphatic imine (C=N–C) groups is 1. The largest absolute Gasteiger partial charge is 0.480 e. The number of aromatic nitrogens is 1. The maximum Gasteiger partial charge on any atom is 0.325 e. The lowest BCUT2D eigenvalue weighted by atomic mass is 10.0. The highest BCUT2D eigenvalue weighted by molar-refractivity contribution is 5.95. The van der Waals surface area contributed by atoms with Crippen LogP contribution >= 0.6 is 0 Å². The van der Waals surface area contributed by atoms with Crippen molar-refractivity contribution in [1.29, 1.82) is 0 Å². The molecule has 2 rings (SSSR count). The molecule has 1 aromatic carbocycles. The molecule has 0 aliphatic heterocycles. The highest BCUT2D eigenvalue weighted by atomic mass is 16.4. The molecule has 0 saturated carbocycles. The molecule has 4 atom stereocenters. The number of primary amides is 1. The van der Waals surface area contributed by atoms with Crippen LogP contribution in [0.3, 0.4) is 0 Å². The number of carbonyl (C=O) groups excluding carboxylic acids is 4. The zero-order chi connectivity index (χ0) is 29.1. The number of fused-ring (bicyclic) bond motifs is 1. The van der Waals surface area contributed by atoms with Crippen molar-refractivity contribution in [3.63, 3.8) is 0 Å². The summed E-state index contributed by atoms with van der Waals surface area (Å²) < 4.78 is 0. The fourth-order valence-electron chi connectivity index (χ4n) is 3.74. The predicted octanol–water partition coefficient (Wildman–Crippen LogP) is -2.47. The van der Waals surface area contributed by atoms with E-state index in [-0.39, 0.29) is 31.8 Å². The van der Waals surface area contributed by atoms with Crippen molar-refractivity contribution in [1.82, 2.24) is 20.9 Å². The molecular weight excluding hydrogens is 510 g/mol. The molecule has 0 saturated heterocycles. The molecule has 212 valence electrons. The quantitative estimate of drug-likeness (QED) is 0.0650. The molecule has 4 unspecified atom stereocenters. The van der Waals surface area contributed by atoms with Gasteiger partial charge in [-0.25, -0.2) is 0 Å². The van der Waals surface area contributed by atoms with E-state index >= 15 is 0 Å². The standard InChI is InChI=1S/C24H35N9O6/c1-12(23(38)39)31-21(36)17(7-4-8-29-24(27)28)32-22(37)18(33-20(35)15(25)10-19(26)34)9-13-11-30-16-6-3-2-5-14(13)16/h2-3,5-6,11-12,15,17-18,30H,4,7-10,25H2,1H3,(H2,26,34)(H,31,36)(H,32,37)(H,33,35)(H,38,39)(H4,27,28,29). The Kier molecular flexibility index (Phi) is 11.2. The molecule has 0 aliphatic rings. The second-order valence-electron chi connectivity index (χ2n) is 8.98. The van der Waals surface area contributed by atoms with Crippen LogP contribution in [0.25, 0.3) is 10.9 Å². The number of benzene rings is 1. The number of aromatic amines is 1. The first-order chi connectivity index (χ1) is 18.4. The Labute approximate surface area is 224 Å². The van der Waals surface area contributed by atoms with E-state index in [0.29, 0.717) is 5.56 Å². The molecule has 0 fully saturated rings. The van der Waals surface area contributed by atoms with Crippen LogP contribution in [0.15, 0.2) is 35.5 Å². The second-order valence-corrected chi connectivity index (χ2v) is 8.98. The van der Waals surface area contributed by atoms with Gasteiger partial charge in [0.1, 0.15) is 18.1 Å². The van der Waals surface area contributed by atoms with Gasteiger partial charge in [0.05, 0.1) is 12.5 Å². The van der Waals surface area contributed by atoms with Crippen molar-refractivity contribution in [2.75, 3.05) is 6.54 Å². The maximum atomic E-state index is 13.4. The minimum absolute atomic E-state index is 0.0126. The first-order valence-corrected chi connectivity index (χ1v) is 12.2. The summed E-state index contributed by atoms with van der Waals surface area (Å²) in [6.07, 6.45) is 1.61. The average molecular weight is 546 g/mol. The van der Waals surface area contributed by atoms with E-state index in [2.05, 4.69) is 25.9 Å². The van der Waals surface area contributed by atoms with E-state index in [1.165, 1.54) is 6.92 Å². The minimum Gasteiger partial charge on any atom is -0.480 e. The zero-order valence-electron chi connectivity index (χ0n) is 21.5. The van der Waals surface area contributed by atoms with Crippen LogP contribution in [0, 0.1) is 0 Å². The molecule has 0 spiro atoms. The number of nitrogens with one attached hydrogen (secondary N) is 4. The number of para-hydroxylation sites is 1. The lowest BCUT2D eigenvalue weighted by molar-refractivity contribution is -0.141. The number of guanidine groups is 1. The van der Waals surface area contributed by atoms with Crippen LogP contribution in [0.5, 0.6) is 0 Å². The smallest absolute Gasteiger partial charge is 0.325 e. The van der Waals surface area contributed by atoms with Crippen LogP contribution in [0.2, 0.25) is 0 Å². The van der Waals surface area contributed by atoms with Gasteiger partial charge in [0.15, 0.2) is 5.96 Å². The summed E-state index contributed by atoms with van der Waals surface area (Å²) in [5.41, 5.74) is 23.1. The molecule has 15 heteroatoms. The molecule has 0 bridgehead atoms. The van der Waals surface area contributed by atoms with Gasteiger partial charge in [-0.2, -0.15) is 0 Å². The Hall–Kier alpha value is -4.66. The van der Waals surface area contributed by atoms with Crippen molar-refractivity contribution in [3.05, 3.63) is 36.0 Å². The Bertz CT molecular complexity index is 1220. The Morgan fingerprint density at radius 2 is 1.62 bits per heavy atom. The second kappa shape index (κ2) is 14.3. The van der Waals surface area contributed by atoms with Gasteiger partial charge in [0.2, 0.25) is 23.6 Å². The van der Waals surface area contributed by atoms with Crippen molar-refractivity contribution in [2.45, 2.75) is 56.8 Å². The number of H-pyrrole nitrogens is 1. The van der Waals surface area contributed by atoms with Crippen LogP contribution in [-0.2, 0) is 30.4 Å². The topological polar surface area (TPSA) is 274 Å². The number of rotatable bonds is 15. The molecule has 1 aromatic heterocycles. The molecule has 0 radical (unpaired) electrons. The summed E-state index contributed by atoms with van der Waals surface area (Å²) in [6, 6.07) is 2.44. The summed E-state index contributed by atoms with van der Waals surface area (Å²) in [5, 5.41) is 17.4. The lowest BCUT2D eigenvalue weighted by Gasteiger charge is -2.24. The normalized spacial score (nSPS) is 13.9. The molecule has 39 heavy (non-hydrogen) atoms. The summed E-state index contributed by atoms with van der Waals surface area (Å²) in [4.78, 5) is 68.3. The molecule has 2 aromatic rings. The number of carbonyl (C=O) groups is 5. The van der Waals surface area contributed by atoms with Gasteiger partial charge in [0.25, 0.3) is 0 Å². The Morgan fingerprint density at radius 1 is 0.974 bits per heavy atom. The van der Waals surface area contributed by atoms with Gasteiger partial charge in [0, 0.05) is 30.1 Å². The Balaban J connectivity index is 2.29. The summed E-state index contributed by atoms with van der Waals surface area (Å²) in [6.45, 7) is 1.44. The van der Waals surface area contributed by atoms with Gasteiger partial charge >= 0.3 is 5.97 Å². The van der Waals surface area contributed by atoms with Crippen LogP contribution < -0.4 is 38.9 Å². The molecule has 15 nitrogen and oxygen atoms in total. The Morgan fingerprint density at radius 3 is 2.26 bits per heavy atom. The van der Waals surface area contributed by atoms with Crippen molar-refractivity contribution >= 4 is 46.5 Å². The van der Waals surface area contributed by atoms with Crippen LogP contribution in [0.1, 0.15) is 31.7 Å². The number of carboxylic acids is 1. The maximum absolute atomic E-state index is 13.4. The van der Waals surface area contributed by atoms with Gasteiger partial charge in [-0.15, -0.1) is 0 Å². The van der Waals surface area contributed by atoms with Crippen molar-refractivity contribution in [2.24, 2.45) is 27.9 Å². The summed E-state index contributed by atoms with van der Waals surface area (Å²) in [7, 11) is 0. The van der Waals surface area contributed by atoms with Gasteiger partial charge < -0.3 is 49.0 Å². The van der Waals surface area contributed by atoms with E-state index in [4.69, 9.17) is 28.0 Å². The number of hydrogen-bond donors (Lipinski definition) is 9. The zero-order valence-corrected chi connectivity index (χ0v) is 21.5. The average Bonchev–Trinajstić information content (AvgIpc) is 3.27. The van der Waals surface area contributed by atoms with E-state index in [9.17, 15) is 24.0 Å². The van der Waals surface area contributed by atoms with Gasteiger partial charge in [-0.3, -0.25) is 29.0 Å². The molecule has 1 heterocycles. The molecule has 0 aliphatic carbocycles. The van der Waals surface area contributed by atoms with E-state index < -0.39 is 60.2 Å². The third kappa shape index (κ3) is 9.62. The highest BCUT2D eigenvalue weighted by Gasteiger charge is 2.30. The fraction of sp³-hybridized carbons (Fsp3) is 0.417. The third-order valence-electron chi connectivity index (χ3n) is 5.80. The van der Waals surface area contributed by atoms with Gasteiger partial charge in [-0.05, 0) is 31.4 Å². The number of nitrogens with zero attached hydrogens (tertiary/aromatic N) is 1. The van der Waals surface area contributed by atoms with Crippen molar-refractivity contribution < 1.29 is 29.1 Å². The van der Waals surface area contributed by atoms with E-state index in [1.807, 2.05) is 24.3 Å². The molecule has 13 N–H and O–H groups in total. The SMILES string of the molecule is CC(NC(=O)C(CCCN=C(N)N)NC(=O)C(Cc1c[nH]c2ccccc12)NC(=O)C(N)CC(N)=O)C(=O)O. The monoisotopic (exact) mass is 545 g/mol. The van der Waals surface area contributed by atoms with Crippen LogP contribution in [-0.4, -0.2) is 76.4 Å². The number of nitrogens with two attached hydrogens (primary N) is 4. The van der Waals surface area contributed by atoms with Crippen LogP contribution in [0.4, 0.5) is 0 Å². The number of aliphatic carboxylic acids is 1. The molecular formula is C24H35N9O6. The fourth-order valence-corrected chi connectivity index (χ4v) is 3.74. The first kappa shape index (κ1) is 30.6. The predicted molar refractivity (Wildman–Crippen MR) is 143 cm³/mol. The third-order valence-corrected chi connectivity index (χ3v) is 5.80. The van der Waals surface area contributed by atoms with Crippen molar-refractivity contribution in [3.8, 4) is 0 Å². The van der Waals surface area contributed by atoms with Gasteiger partial charge in [-0.1, -0.05) is 18.2 Å². The summed E-state index contributed by atoms with van der Waals surface area (Å²) in [5.74, 6) is -4.46.